The van der Waals surface area contributed by atoms with Gasteiger partial charge in [-0.05, 0) is 12.1 Å². The molecule has 3 rings (SSSR count). The van der Waals surface area contributed by atoms with Crippen LogP contribution in [0.1, 0.15) is 0 Å². The largest absolute Gasteiger partial charge is 0.241 e. The molecule has 0 amide bonds. The van der Waals surface area contributed by atoms with Crippen molar-refractivity contribution < 1.29 is 0 Å². The molecule has 16 heavy (non-hydrogen) atoms. The Kier molecular flexibility index (Phi) is 2.03. The van der Waals surface area contributed by atoms with E-state index in [9.17, 15) is 0 Å². The number of rotatable bonds is 1. The van der Waals surface area contributed by atoms with E-state index in [0.29, 0.717) is 0 Å². The maximum Gasteiger partial charge on any atom is 0.115 e. The summed E-state index contributed by atoms with van der Waals surface area (Å²) in [5.41, 5.74) is 3.85. The fourth-order valence-electron chi connectivity index (χ4n) is 1.75. The Hall–Kier alpha value is -2.03. The van der Waals surface area contributed by atoms with Gasteiger partial charge in [0.05, 0.1) is 11.2 Å². The molecule has 0 N–H and O–H groups in total. The first-order valence-corrected chi connectivity index (χ1v) is 5.13. The number of hydrogen-bond acceptors (Lipinski definition) is 1. The molecule has 0 saturated carbocycles. The first-order valence-electron chi connectivity index (χ1n) is 5.13. The molecule has 2 aromatic heterocycles. The van der Waals surface area contributed by atoms with Crippen LogP contribution in [0.2, 0.25) is 0 Å². The smallest absolute Gasteiger partial charge is 0.115 e. The first-order chi connectivity index (χ1) is 7.83. The molecule has 0 aliphatic rings. The zero-order valence-corrected chi connectivity index (χ0v) is 8.67. The number of nitrogens with zero attached hydrogens (tertiary/aromatic N) is 2. The van der Waals surface area contributed by atoms with Crippen LogP contribution in [0, 0.1) is 0 Å². The van der Waals surface area contributed by atoms with Gasteiger partial charge in [0, 0.05) is 11.8 Å². The summed E-state index contributed by atoms with van der Waals surface area (Å²) in [4.78, 5) is 0. The summed E-state index contributed by atoms with van der Waals surface area (Å²) in [6.45, 7) is 0. The van der Waals surface area contributed by atoms with Crippen molar-refractivity contribution in [1.29, 1.82) is 0 Å². The van der Waals surface area contributed by atoms with Crippen LogP contribution in [0.15, 0.2) is 54.7 Å². The van der Waals surface area contributed by atoms with E-state index < -0.39 is 0 Å². The maximum absolute atomic E-state index is 5.71. The minimum atomic E-state index is 0.718. The van der Waals surface area contributed by atoms with Gasteiger partial charge in [0.1, 0.15) is 7.85 Å². The second-order valence-corrected chi connectivity index (χ2v) is 3.73. The summed E-state index contributed by atoms with van der Waals surface area (Å²) in [7, 11) is 5.71. The Bertz CT molecular complexity index is 629. The van der Waals surface area contributed by atoms with E-state index in [4.69, 9.17) is 7.85 Å². The van der Waals surface area contributed by atoms with Gasteiger partial charge < -0.3 is 0 Å². The molecule has 0 aliphatic carbocycles. The molecule has 2 heterocycles. The lowest BCUT2D eigenvalue weighted by Crippen LogP contribution is -2.04. The van der Waals surface area contributed by atoms with Crippen molar-refractivity contribution in [2.24, 2.45) is 0 Å². The molecular weight excluding hydrogens is 195 g/mol. The Morgan fingerprint density at radius 3 is 2.62 bits per heavy atom. The summed E-state index contributed by atoms with van der Waals surface area (Å²) >= 11 is 0. The molecule has 0 unspecified atom stereocenters. The molecule has 1 aromatic carbocycles. The highest BCUT2D eigenvalue weighted by Gasteiger charge is 2.02. The van der Waals surface area contributed by atoms with Crippen LogP contribution in [0.5, 0.6) is 0 Å². The van der Waals surface area contributed by atoms with Crippen molar-refractivity contribution in [2.75, 3.05) is 0 Å². The lowest BCUT2D eigenvalue weighted by molar-refractivity contribution is 0.971. The van der Waals surface area contributed by atoms with Gasteiger partial charge in [-0.3, -0.25) is 0 Å². The van der Waals surface area contributed by atoms with Gasteiger partial charge in [-0.1, -0.05) is 41.9 Å². The van der Waals surface area contributed by atoms with Crippen molar-refractivity contribution in [3.63, 3.8) is 0 Å². The molecule has 2 nitrogen and oxygen atoms in total. The van der Waals surface area contributed by atoms with E-state index in [-0.39, 0.29) is 0 Å². The number of pyridine rings is 1. The van der Waals surface area contributed by atoms with Gasteiger partial charge in [0.25, 0.3) is 0 Å². The van der Waals surface area contributed by atoms with Crippen molar-refractivity contribution in [1.82, 2.24) is 9.61 Å². The van der Waals surface area contributed by atoms with E-state index >= 15 is 0 Å². The van der Waals surface area contributed by atoms with Crippen molar-refractivity contribution in [3.05, 3.63) is 54.7 Å². The molecule has 3 heteroatoms. The third kappa shape index (κ3) is 1.50. The fourth-order valence-corrected chi connectivity index (χ4v) is 1.75. The molecule has 0 atom stereocenters. The maximum atomic E-state index is 5.71. The third-order valence-electron chi connectivity index (χ3n) is 2.55. The van der Waals surface area contributed by atoms with Gasteiger partial charge in [-0.15, -0.1) is 0 Å². The molecule has 2 radical (unpaired) electrons. The van der Waals surface area contributed by atoms with E-state index in [0.717, 1.165) is 22.2 Å². The van der Waals surface area contributed by atoms with Crippen LogP contribution in [-0.4, -0.2) is 17.5 Å². The average Bonchev–Trinajstić information content (AvgIpc) is 2.73. The summed E-state index contributed by atoms with van der Waals surface area (Å²) in [6.07, 6.45) is 1.82. The van der Waals surface area contributed by atoms with E-state index in [1.54, 1.807) is 4.52 Å². The summed E-state index contributed by atoms with van der Waals surface area (Å²) in [5.74, 6) is 0. The van der Waals surface area contributed by atoms with E-state index in [1.165, 1.54) is 0 Å². The van der Waals surface area contributed by atoms with E-state index in [2.05, 4.69) is 11.2 Å². The molecule has 0 bridgehead atoms. The Morgan fingerprint density at radius 2 is 1.81 bits per heavy atom. The second kappa shape index (κ2) is 3.52. The predicted molar refractivity (Wildman–Crippen MR) is 66.0 cm³/mol. The number of aromatic nitrogens is 2. The van der Waals surface area contributed by atoms with Crippen LogP contribution in [0.4, 0.5) is 0 Å². The van der Waals surface area contributed by atoms with Crippen LogP contribution in [0.3, 0.4) is 0 Å². The first kappa shape index (κ1) is 9.22. The monoisotopic (exact) mass is 204 g/mol. The fraction of sp³-hybridized carbons (Fsp3) is 0. The Morgan fingerprint density at radius 1 is 1.00 bits per heavy atom. The van der Waals surface area contributed by atoms with Gasteiger partial charge in [-0.2, -0.15) is 5.10 Å². The van der Waals surface area contributed by atoms with E-state index in [1.807, 2.05) is 48.7 Å². The zero-order chi connectivity index (χ0) is 11.0. The second-order valence-electron chi connectivity index (χ2n) is 3.73. The lowest BCUT2D eigenvalue weighted by atomic mass is 9.99. The highest BCUT2D eigenvalue weighted by molar-refractivity contribution is 6.32. The van der Waals surface area contributed by atoms with Gasteiger partial charge in [0.2, 0.25) is 0 Å². The molecule has 74 valence electrons. The number of benzene rings is 1. The molecule has 0 spiro atoms. The quantitative estimate of drug-likeness (QED) is 0.552. The molecule has 3 aromatic rings. The van der Waals surface area contributed by atoms with Gasteiger partial charge in [-0.25, -0.2) is 4.52 Å². The molecule has 0 saturated heterocycles. The van der Waals surface area contributed by atoms with Crippen LogP contribution >= 0.6 is 0 Å². The van der Waals surface area contributed by atoms with Crippen molar-refractivity contribution >= 4 is 18.8 Å². The molecule has 0 fully saturated rings. The number of fused-ring (bicyclic) bond motifs is 1. The summed E-state index contributed by atoms with van der Waals surface area (Å²) in [6, 6.07) is 16.0. The minimum absolute atomic E-state index is 0.718. The van der Waals surface area contributed by atoms with Crippen molar-refractivity contribution in [2.45, 2.75) is 0 Å². The molecular formula is C13H9BN2. The summed E-state index contributed by atoms with van der Waals surface area (Å²) < 4.78 is 1.80. The zero-order valence-electron chi connectivity index (χ0n) is 8.67. The van der Waals surface area contributed by atoms with Crippen LogP contribution in [-0.2, 0) is 0 Å². The standard InChI is InChI=1S/C13H9BN2/c14-11-6-7-12-8-13(15-16(12)9-11)10-4-2-1-3-5-10/h1-9H. The lowest BCUT2D eigenvalue weighted by Gasteiger charge is -1.94. The van der Waals surface area contributed by atoms with Gasteiger partial charge >= 0.3 is 0 Å². The number of hydrogen-bond donors (Lipinski definition) is 0. The van der Waals surface area contributed by atoms with Crippen LogP contribution < -0.4 is 5.46 Å². The Balaban J connectivity index is 2.19. The summed E-state index contributed by atoms with van der Waals surface area (Å²) in [5, 5.41) is 4.48. The minimum Gasteiger partial charge on any atom is -0.241 e. The van der Waals surface area contributed by atoms with Crippen LogP contribution in [0.25, 0.3) is 16.8 Å². The normalized spacial score (nSPS) is 10.8. The third-order valence-corrected chi connectivity index (χ3v) is 2.55. The van der Waals surface area contributed by atoms with Gasteiger partial charge in [0.15, 0.2) is 0 Å². The van der Waals surface area contributed by atoms with Crippen molar-refractivity contribution in [3.8, 4) is 11.3 Å². The molecule has 0 aliphatic heterocycles. The predicted octanol–water partition coefficient (Wildman–Crippen LogP) is 1.80. The Labute approximate surface area is 94.9 Å². The topological polar surface area (TPSA) is 17.3 Å². The average molecular weight is 204 g/mol. The SMILES string of the molecule is [B]c1ccc2cc(-c3ccccc3)nn2c1. The highest BCUT2D eigenvalue weighted by atomic mass is 15.2. The highest BCUT2D eigenvalue weighted by Crippen LogP contribution is 2.18.